The van der Waals surface area contributed by atoms with Crippen molar-refractivity contribution < 1.29 is 23.6 Å². The van der Waals surface area contributed by atoms with Crippen LogP contribution >= 0.6 is 0 Å². The van der Waals surface area contributed by atoms with Crippen molar-refractivity contribution in [1.29, 1.82) is 0 Å². The van der Waals surface area contributed by atoms with Gasteiger partial charge in [-0.25, -0.2) is 9.18 Å². The lowest BCUT2D eigenvalue weighted by Gasteiger charge is -2.26. The SMILES string of the molecule is COc1ccc([C@@H]2CCCCC[NH+]2CC(=O)NC(=O)Nc2ccccc2F)cc1. The predicted molar refractivity (Wildman–Crippen MR) is 108 cm³/mol. The third kappa shape index (κ3) is 5.77. The number of imide groups is 1. The van der Waals surface area contributed by atoms with Gasteiger partial charge in [-0.15, -0.1) is 0 Å². The number of rotatable bonds is 5. The van der Waals surface area contributed by atoms with Crippen LogP contribution in [-0.2, 0) is 4.79 Å². The van der Waals surface area contributed by atoms with E-state index in [-0.39, 0.29) is 24.2 Å². The van der Waals surface area contributed by atoms with Gasteiger partial charge in [-0.2, -0.15) is 0 Å². The zero-order valence-corrected chi connectivity index (χ0v) is 16.5. The van der Waals surface area contributed by atoms with E-state index in [0.29, 0.717) is 0 Å². The number of quaternary nitrogens is 1. The highest BCUT2D eigenvalue weighted by atomic mass is 19.1. The maximum Gasteiger partial charge on any atom is 0.326 e. The van der Waals surface area contributed by atoms with Gasteiger partial charge in [0.15, 0.2) is 6.54 Å². The average Bonchev–Trinajstić information content (AvgIpc) is 2.95. The van der Waals surface area contributed by atoms with Gasteiger partial charge in [0.2, 0.25) is 0 Å². The largest absolute Gasteiger partial charge is 0.497 e. The van der Waals surface area contributed by atoms with Crippen LogP contribution in [0.25, 0.3) is 0 Å². The van der Waals surface area contributed by atoms with Crippen LogP contribution < -0.4 is 20.3 Å². The van der Waals surface area contributed by atoms with Gasteiger partial charge >= 0.3 is 6.03 Å². The molecule has 154 valence electrons. The number of para-hydroxylation sites is 1. The molecule has 0 radical (unpaired) electrons. The first-order valence-electron chi connectivity index (χ1n) is 9.90. The molecule has 6 nitrogen and oxygen atoms in total. The van der Waals surface area contributed by atoms with Crippen LogP contribution in [0.15, 0.2) is 48.5 Å². The van der Waals surface area contributed by atoms with Crippen molar-refractivity contribution in [3.05, 3.63) is 59.9 Å². The summed E-state index contributed by atoms with van der Waals surface area (Å²) in [5, 5.41) is 4.69. The number of ether oxygens (including phenoxy) is 1. The molecule has 7 heteroatoms. The number of methoxy groups -OCH3 is 1. The van der Waals surface area contributed by atoms with E-state index >= 15 is 0 Å². The van der Waals surface area contributed by atoms with Gasteiger partial charge in [-0.3, -0.25) is 10.1 Å². The lowest BCUT2D eigenvalue weighted by molar-refractivity contribution is -0.923. The summed E-state index contributed by atoms with van der Waals surface area (Å²) in [6, 6.07) is 13.2. The minimum absolute atomic E-state index is 0.0380. The molecular weight excluding hydrogens is 373 g/mol. The summed E-state index contributed by atoms with van der Waals surface area (Å²) in [7, 11) is 1.63. The van der Waals surface area contributed by atoms with Crippen molar-refractivity contribution in [3.8, 4) is 5.75 Å². The second-order valence-corrected chi connectivity index (χ2v) is 7.24. The molecule has 29 heavy (non-hydrogen) atoms. The molecule has 1 fully saturated rings. The Labute approximate surface area is 170 Å². The Morgan fingerprint density at radius 2 is 1.86 bits per heavy atom. The van der Waals surface area contributed by atoms with Crippen LogP contribution in [-0.4, -0.2) is 32.1 Å². The Morgan fingerprint density at radius 3 is 2.59 bits per heavy atom. The van der Waals surface area contributed by atoms with Crippen LogP contribution in [0.5, 0.6) is 5.75 Å². The molecular formula is C22H27FN3O3+. The van der Waals surface area contributed by atoms with E-state index in [9.17, 15) is 14.0 Å². The van der Waals surface area contributed by atoms with E-state index in [4.69, 9.17) is 4.74 Å². The number of hydrogen-bond donors (Lipinski definition) is 3. The molecule has 0 saturated carbocycles. The molecule has 1 saturated heterocycles. The minimum Gasteiger partial charge on any atom is -0.497 e. The quantitative estimate of drug-likeness (QED) is 0.723. The molecule has 3 N–H and O–H groups in total. The molecule has 0 aromatic heterocycles. The van der Waals surface area contributed by atoms with Crippen LogP contribution in [0.4, 0.5) is 14.9 Å². The van der Waals surface area contributed by atoms with E-state index in [1.165, 1.54) is 18.2 Å². The van der Waals surface area contributed by atoms with Gasteiger partial charge in [0.25, 0.3) is 5.91 Å². The fourth-order valence-electron chi connectivity index (χ4n) is 3.80. The summed E-state index contributed by atoms with van der Waals surface area (Å²) in [6.07, 6.45) is 4.26. The van der Waals surface area contributed by atoms with Gasteiger partial charge < -0.3 is 15.0 Å². The first-order valence-corrected chi connectivity index (χ1v) is 9.90. The number of carbonyl (C=O) groups is 2. The number of urea groups is 1. The Bertz CT molecular complexity index is 841. The lowest BCUT2D eigenvalue weighted by atomic mass is 10.0. The predicted octanol–water partition coefficient (Wildman–Crippen LogP) is 2.68. The monoisotopic (exact) mass is 400 g/mol. The van der Waals surface area contributed by atoms with Crippen LogP contribution in [0.2, 0.25) is 0 Å². The number of anilines is 1. The minimum atomic E-state index is -0.727. The van der Waals surface area contributed by atoms with Crippen molar-refractivity contribution in [3.63, 3.8) is 0 Å². The molecule has 3 rings (SSSR count). The molecule has 1 aliphatic heterocycles. The number of hydrogen-bond acceptors (Lipinski definition) is 3. The Kier molecular flexibility index (Phi) is 7.19. The van der Waals surface area contributed by atoms with Gasteiger partial charge in [-0.05, 0) is 55.7 Å². The van der Waals surface area contributed by atoms with Gasteiger partial charge in [0.05, 0.1) is 19.3 Å². The number of benzene rings is 2. The number of amides is 3. The summed E-state index contributed by atoms with van der Waals surface area (Å²) in [4.78, 5) is 25.7. The third-order valence-electron chi connectivity index (χ3n) is 5.26. The third-order valence-corrected chi connectivity index (χ3v) is 5.26. The van der Waals surface area contributed by atoms with Crippen molar-refractivity contribution in [2.24, 2.45) is 0 Å². The number of halogens is 1. The van der Waals surface area contributed by atoms with Crippen molar-refractivity contribution in [2.45, 2.75) is 31.7 Å². The van der Waals surface area contributed by atoms with Crippen molar-refractivity contribution >= 4 is 17.6 Å². The summed E-state index contributed by atoms with van der Waals surface area (Å²) in [5.41, 5.74) is 1.20. The highest BCUT2D eigenvalue weighted by Crippen LogP contribution is 2.22. The standard InChI is InChI=1S/C22H26FN3O3/c1-29-17-12-10-16(11-13-17)20-9-3-2-6-14-26(20)15-21(27)25-22(28)24-19-8-5-4-7-18(19)23/h4-5,7-8,10-13,20H,2-3,6,9,14-15H2,1H3,(H2,24,25,27,28)/p+1/t20-/m0/s1. The second kappa shape index (κ2) is 10.0. The number of carbonyl (C=O) groups excluding carboxylic acids is 2. The van der Waals surface area contributed by atoms with E-state index in [0.717, 1.165) is 48.4 Å². The molecule has 2 atom stereocenters. The molecule has 0 spiro atoms. The normalized spacial score (nSPS) is 19.1. The Balaban J connectivity index is 1.62. The maximum atomic E-state index is 13.7. The van der Waals surface area contributed by atoms with Crippen molar-refractivity contribution in [2.75, 3.05) is 25.5 Å². The van der Waals surface area contributed by atoms with Crippen LogP contribution in [0, 0.1) is 5.82 Å². The number of nitrogens with one attached hydrogen (secondary N) is 3. The lowest BCUT2D eigenvalue weighted by Crippen LogP contribution is -3.13. The first kappa shape index (κ1) is 20.8. The molecule has 1 aliphatic rings. The molecule has 2 aromatic rings. The van der Waals surface area contributed by atoms with E-state index in [2.05, 4.69) is 10.6 Å². The Hall–Kier alpha value is -2.93. The summed E-state index contributed by atoms with van der Waals surface area (Å²) in [5.74, 6) is -0.131. The van der Waals surface area contributed by atoms with Gasteiger partial charge in [0, 0.05) is 12.0 Å². The molecule has 1 heterocycles. The molecule has 1 unspecified atom stereocenters. The average molecular weight is 400 g/mol. The smallest absolute Gasteiger partial charge is 0.326 e. The van der Waals surface area contributed by atoms with E-state index in [1.54, 1.807) is 13.2 Å². The summed E-state index contributed by atoms with van der Waals surface area (Å²) < 4.78 is 18.9. The summed E-state index contributed by atoms with van der Waals surface area (Å²) in [6.45, 7) is 1.04. The molecule has 0 aliphatic carbocycles. The fourth-order valence-corrected chi connectivity index (χ4v) is 3.80. The Morgan fingerprint density at radius 1 is 1.10 bits per heavy atom. The summed E-state index contributed by atoms with van der Waals surface area (Å²) >= 11 is 0. The highest BCUT2D eigenvalue weighted by Gasteiger charge is 2.28. The second-order valence-electron chi connectivity index (χ2n) is 7.24. The molecule has 2 aromatic carbocycles. The van der Waals surface area contributed by atoms with Gasteiger partial charge in [-0.1, -0.05) is 12.1 Å². The molecule has 3 amide bonds. The fraction of sp³-hybridized carbons (Fsp3) is 0.364. The molecule has 0 bridgehead atoms. The van der Waals surface area contributed by atoms with Crippen LogP contribution in [0.3, 0.4) is 0 Å². The van der Waals surface area contributed by atoms with E-state index < -0.39 is 11.8 Å². The zero-order chi connectivity index (χ0) is 20.6. The van der Waals surface area contributed by atoms with Crippen molar-refractivity contribution in [1.82, 2.24) is 5.32 Å². The number of likely N-dealkylation sites (tertiary alicyclic amines) is 1. The zero-order valence-electron chi connectivity index (χ0n) is 16.5. The van der Waals surface area contributed by atoms with Gasteiger partial charge in [0.1, 0.15) is 17.6 Å². The van der Waals surface area contributed by atoms with E-state index in [1.807, 2.05) is 24.3 Å². The first-order chi connectivity index (χ1) is 14.1. The highest BCUT2D eigenvalue weighted by molar-refractivity contribution is 6.01. The topological polar surface area (TPSA) is 71.9 Å². The van der Waals surface area contributed by atoms with Crippen LogP contribution in [0.1, 0.15) is 37.3 Å². The maximum absolute atomic E-state index is 13.7.